The number of rotatable bonds is 6. The molecule has 2 aromatic carbocycles. The van der Waals surface area contributed by atoms with Crippen LogP contribution in [0.25, 0.3) is 0 Å². The van der Waals surface area contributed by atoms with Gasteiger partial charge in [0.25, 0.3) is 5.91 Å². The summed E-state index contributed by atoms with van der Waals surface area (Å²) in [4.78, 5) is 29.4. The third kappa shape index (κ3) is 6.20. The maximum atomic E-state index is 12.9. The number of nitrogens with one attached hydrogen (secondary N) is 2. The monoisotopic (exact) mass is 519 g/mol. The van der Waals surface area contributed by atoms with Gasteiger partial charge in [-0.1, -0.05) is 42.1 Å². The molecule has 0 bridgehead atoms. The number of benzene rings is 2. The average Bonchev–Trinajstić information content (AvgIpc) is 3.36. The number of ketones is 1. The highest BCUT2D eigenvalue weighted by atomic mass is 32.2. The first kappa shape index (κ1) is 27.1. The number of amides is 1. The zero-order valence-electron chi connectivity index (χ0n) is 20.8. The van der Waals surface area contributed by atoms with Gasteiger partial charge < -0.3 is 10.2 Å². The average molecular weight is 520 g/mol. The van der Waals surface area contributed by atoms with Gasteiger partial charge in [0.1, 0.15) is 4.91 Å². The van der Waals surface area contributed by atoms with E-state index in [0.29, 0.717) is 28.5 Å². The molecule has 0 saturated carbocycles. The smallest absolute Gasteiger partial charge is 0.269 e. The van der Waals surface area contributed by atoms with Gasteiger partial charge >= 0.3 is 0 Å². The number of amidine groups is 1. The molecule has 7 nitrogen and oxygen atoms in total. The predicted molar refractivity (Wildman–Crippen MR) is 148 cm³/mol. The third-order valence-electron chi connectivity index (χ3n) is 5.47. The summed E-state index contributed by atoms with van der Waals surface area (Å²) in [6.45, 7) is 9.44. The topological polar surface area (TPSA) is 100 Å². The van der Waals surface area contributed by atoms with Gasteiger partial charge in [-0.3, -0.25) is 19.9 Å². The highest BCUT2D eigenvalue weighted by Crippen LogP contribution is 2.47. The fraction of sp³-hybridized carbons (Fsp3) is 0.259. The van der Waals surface area contributed by atoms with Gasteiger partial charge in [-0.15, -0.1) is 0 Å². The van der Waals surface area contributed by atoms with Gasteiger partial charge in [0, 0.05) is 24.5 Å². The Labute approximate surface area is 220 Å². The minimum Gasteiger partial charge on any atom is -0.385 e. The van der Waals surface area contributed by atoms with Crippen molar-refractivity contribution in [2.75, 3.05) is 18.4 Å². The number of hydrogen-bond donors (Lipinski definition) is 2. The van der Waals surface area contributed by atoms with E-state index in [4.69, 9.17) is 10.7 Å². The molecule has 0 spiro atoms. The summed E-state index contributed by atoms with van der Waals surface area (Å²) in [6, 6.07) is 19.1. The largest absolute Gasteiger partial charge is 0.385 e. The Balaban J connectivity index is 0.000000275. The van der Waals surface area contributed by atoms with E-state index < -0.39 is 0 Å². The summed E-state index contributed by atoms with van der Waals surface area (Å²) < 4.78 is 0. The second kappa shape index (κ2) is 12.5. The molecule has 0 aromatic heterocycles. The van der Waals surface area contributed by atoms with Crippen molar-refractivity contribution in [3.63, 3.8) is 0 Å². The Hall–Kier alpha value is -3.48. The fourth-order valence-corrected chi connectivity index (χ4v) is 5.95. The molecule has 0 atom stereocenters. The number of allylic oxidation sites excluding steroid dienone is 2. The van der Waals surface area contributed by atoms with E-state index in [2.05, 4.69) is 11.4 Å². The van der Waals surface area contributed by atoms with Crippen LogP contribution in [0.3, 0.4) is 0 Å². The summed E-state index contributed by atoms with van der Waals surface area (Å²) in [5.41, 5.74) is 3.62. The standard InChI is InChI=1S/C18H19N3O2S2.C9H10N2/c1-4-20-11(2)14(12(3)22)24-17(20)15-16(23)21(18(19)25-15)10-13-8-6-5-7-9-13;1-2-11-9-5-3-8(7-10)4-6-9/h5-9,19H,4,10H2,1-3H3;3-6,11H,2H2,1H3/b17-15-,19-18?;. The van der Waals surface area contributed by atoms with Crippen molar-refractivity contribution in [1.29, 1.82) is 10.7 Å². The zero-order valence-corrected chi connectivity index (χ0v) is 22.4. The van der Waals surface area contributed by atoms with E-state index in [-0.39, 0.29) is 16.9 Å². The number of carbonyl (C=O) groups excluding carboxylic acids is 2. The summed E-state index contributed by atoms with van der Waals surface area (Å²) in [6.07, 6.45) is 0. The van der Waals surface area contributed by atoms with Crippen LogP contribution < -0.4 is 5.32 Å². The summed E-state index contributed by atoms with van der Waals surface area (Å²) in [7, 11) is 0. The van der Waals surface area contributed by atoms with Crippen molar-refractivity contribution in [2.45, 2.75) is 34.2 Å². The van der Waals surface area contributed by atoms with Gasteiger partial charge in [-0.2, -0.15) is 5.26 Å². The van der Waals surface area contributed by atoms with Crippen LogP contribution in [0.4, 0.5) is 5.69 Å². The highest BCUT2D eigenvalue weighted by Gasteiger charge is 2.39. The fourth-order valence-electron chi connectivity index (χ4n) is 3.70. The number of Topliss-reactive ketones (excluding diaryl/α,β-unsaturated/α-hetero) is 1. The van der Waals surface area contributed by atoms with Crippen molar-refractivity contribution in [3.05, 3.63) is 86.3 Å². The van der Waals surface area contributed by atoms with Gasteiger partial charge in [0.15, 0.2) is 11.0 Å². The number of hydrogen-bond acceptors (Lipinski definition) is 8. The van der Waals surface area contributed by atoms with E-state index in [1.807, 2.05) is 68.1 Å². The lowest BCUT2D eigenvalue weighted by atomic mass is 10.2. The molecule has 2 N–H and O–H groups in total. The minimum atomic E-state index is -0.169. The summed E-state index contributed by atoms with van der Waals surface area (Å²) >= 11 is 2.51. The Kier molecular flexibility index (Phi) is 9.39. The first-order chi connectivity index (χ1) is 17.3. The molecule has 9 heteroatoms. The number of thioether (sulfide) groups is 2. The van der Waals surface area contributed by atoms with Crippen LogP contribution in [-0.2, 0) is 16.1 Å². The molecule has 4 rings (SSSR count). The molecular formula is C27H29N5O2S2. The van der Waals surface area contributed by atoms with Crippen molar-refractivity contribution in [3.8, 4) is 6.07 Å². The molecule has 1 saturated heterocycles. The lowest BCUT2D eigenvalue weighted by Gasteiger charge is -2.20. The first-order valence-corrected chi connectivity index (χ1v) is 13.2. The van der Waals surface area contributed by atoms with Crippen LogP contribution in [0.2, 0.25) is 0 Å². The minimum absolute atomic E-state index is 0.00298. The van der Waals surface area contributed by atoms with Gasteiger partial charge in [0.05, 0.1) is 28.1 Å². The molecule has 2 aliphatic rings. The van der Waals surface area contributed by atoms with E-state index in [1.54, 1.807) is 19.1 Å². The molecular weight excluding hydrogens is 490 g/mol. The zero-order chi connectivity index (χ0) is 26.2. The predicted octanol–water partition coefficient (Wildman–Crippen LogP) is 5.75. The quantitative estimate of drug-likeness (QED) is 0.469. The SMILES string of the molecule is CCN1C(C)=C(C(C)=O)S/C1=C1\SC(=N)N(Cc2ccccc2)C1=O.CCNc1ccc(C#N)cc1. The Morgan fingerprint density at radius 3 is 2.28 bits per heavy atom. The van der Waals surface area contributed by atoms with Crippen LogP contribution in [0.5, 0.6) is 0 Å². The third-order valence-corrected chi connectivity index (χ3v) is 7.99. The number of nitriles is 1. The number of nitrogens with zero attached hydrogens (tertiary/aromatic N) is 3. The summed E-state index contributed by atoms with van der Waals surface area (Å²) in [5, 5.41) is 20.8. The molecule has 0 radical (unpaired) electrons. The molecule has 0 unspecified atom stereocenters. The lowest BCUT2D eigenvalue weighted by molar-refractivity contribution is -0.122. The van der Waals surface area contributed by atoms with Gasteiger partial charge in [-0.25, -0.2) is 0 Å². The van der Waals surface area contributed by atoms with Crippen LogP contribution in [0.15, 0.2) is 75.1 Å². The molecule has 186 valence electrons. The normalized spacial score (nSPS) is 17.2. The lowest BCUT2D eigenvalue weighted by Crippen LogP contribution is -2.28. The van der Waals surface area contributed by atoms with Crippen molar-refractivity contribution in [1.82, 2.24) is 9.80 Å². The Bertz CT molecular complexity index is 1250. The molecule has 36 heavy (non-hydrogen) atoms. The van der Waals surface area contributed by atoms with Gasteiger partial charge in [0.2, 0.25) is 0 Å². The van der Waals surface area contributed by atoms with Crippen LogP contribution in [-0.4, -0.2) is 39.7 Å². The summed E-state index contributed by atoms with van der Waals surface area (Å²) in [5.74, 6) is -0.166. The molecule has 1 fully saturated rings. The Morgan fingerprint density at radius 1 is 1.06 bits per heavy atom. The highest BCUT2D eigenvalue weighted by molar-refractivity contribution is 8.19. The van der Waals surface area contributed by atoms with Gasteiger partial charge in [-0.05, 0) is 69.3 Å². The second-order valence-electron chi connectivity index (χ2n) is 7.95. The maximum Gasteiger partial charge on any atom is 0.269 e. The van der Waals surface area contributed by atoms with Crippen LogP contribution in [0, 0.1) is 16.7 Å². The van der Waals surface area contributed by atoms with Crippen LogP contribution in [0.1, 0.15) is 38.8 Å². The van der Waals surface area contributed by atoms with E-state index in [9.17, 15) is 9.59 Å². The molecule has 0 aliphatic carbocycles. The van der Waals surface area contributed by atoms with E-state index in [0.717, 1.165) is 28.5 Å². The van der Waals surface area contributed by atoms with Crippen molar-refractivity contribution in [2.24, 2.45) is 0 Å². The number of carbonyl (C=O) groups is 2. The van der Waals surface area contributed by atoms with E-state index >= 15 is 0 Å². The molecule has 2 aliphatic heterocycles. The molecule has 2 aromatic rings. The number of anilines is 1. The van der Waals surface area contributed by atoms with Crippen LogP contribution >= 0.6 is 23.5 Å². The first-order valence-electron chi connectivity index (χ1n) is 11.6. The van der Waals surface area contributed by atoms with Crippen molar-refractivity contribution < 1.29 is 9.59 Å². The molecule has 1 amide bonds. The Morgan fingerprint density at radius 2 is 1.72 bits per heavy atom. The van der Waals surface area contributed by atoms with Crippen molar-refractivity contribution >= 4 is 46.1 Å². The van der Waals surface area contributed by atoms with E-state index in [1.165, 1.54) is 28.4 Å². The second-order valence-corrected chi connectivity index (χ2v) is 9.95. The molecule has 2 heterocycles. The maximum absolute atomic E-state index is 12.9.